The van der Waals surface area contributed by atoms with Crippen LogP contribution in [0.15, 0.2) is 24.3 Å². The predicted octanol–water partition coefficient (Wildman–Crippen LogP) is 2.42. The van der Waals surface area contributed by atoms with Crippen LogP contribution in [-0.2, 0) is 0 Å². The number of fused-ring (bicyclic) bond motifs is 1. The van der Waals surface area contributed by atoms with Crippen LogP contribution in [0.2, 0.25) is 0 Å². The highest BCUT2D eigenvalue weighted by Crippen LogP contribution is 2.36. The lowest BCUT2D eigenvalue weighted by atomic mass is 10.3. The molecular formula is C13H16N4. The molecule has 0 spiro atoms. The summed E-state index contributed by atoms with van der Waals surface area (Å²) < 4.78 is 0. The molecule has 0 aliphatic heterocycles. The van der Waals surface area contributed by atoms with E-state index < -0.39 is 0 Å². The number of hydrogen-bond acceptors (Lipinski definition) is 4. The van der Waals surface area contributed by atoms with E-state index in [9.17, 15) is 0 Å². The third-order valence-electron chi connectivity index (χ3n) is 3.37. The topological polar surface area (TPSA) is 63.8 Å². The molecule has 3 rings (SSSR count). The van der Waals surface area contributed by atoms with Crippen molar-refractivity contribution in [3.05, 3.63) is 24.3 Å². The lowest BCUT2D eigenvalue weighted by molar-refractivity contribution is 0.773. The predicted molar refractivity (Wildman–Crippen MR) is 69.8 cm³/mol. The monoisotopic (exact) mass is 228 g/mol. The third kappa shape index (κ3) is 1.90. The average molecular weight is 228 g/mol. The van der Waals surface area contributed by atoms with Crippen LogP contribution in [0.3, 0.4) is 0 Å². The van der Waals surface area contributed by atoms with Crippen molar-refractivity contribution < 1.29 is 0 Å². The normalized spacial score (nSPS) is 22.6. The van der Waals surface area contributed by atoms with Gasteiger partial charge >= 0.3 is 0 Å². The van der Waals surface area contributed by atoms with Gasteiger partial charge in [-0.2, -0.15) is 0 Å². The number of nitrogens with zero attached hydrogens (tertiary/aromatic N) is 2. The van der Waals surface area contributed by atoms with Gasteiger partial charge in [-0.1, -0.05) is 25.5 Å². The van der Waals surface area contributed by atoms with Gasteiger partial charge in [-0.15, -0.1) is 0 Å². The number of aromatic nitrogens is 2. The minimum absolute atomic E-state index is 0.491. The summed E-state index contributed by atoms with van der Waals surface area (Å²) in [7, 11) is 0. The van der Waals surface area contributed by atoms with E-state index in [-0.39, 0.29) is 0 Å². The van der Waals surface area contributed by atoms with Crippen molar-refractivity contribution in [3.8, 4) is 0 Å². The van der Waals surface area contributed by atoms with Gasteiger partial charge in [0.05, 0.1) is 11.0 Å². The van der Waals surface area contributed by atoms with E-state index in [1.807, 2.05) is 24.3 Å². The highest BCUT2D eigenvalue weighted by atomic mass is 15.1. The summed E-state index contributed by atoms with van der Waals surface area (Å²) in [6, 6.07) is 8.31. The molecule has 4 heteroatoms. The lowest BCUT2D eigenvalue weighted by Gasteiger charge is -2.08. The van der Waals surface area contributed by atoms with E-state index in [2.05, 4.69) is 22.2 Å². The first kappa shape index (κ1) is 10.3. The van der Waals surface area contributed by atoms with Crippen LogP contribution in [-0.4, -0.2) is 16.0 Å². The van der Waals surface area contributed by atoms with E-state index in [1.165, 1.54) is 12.8 Å². The number of benzene rings is 1. The molecule has 17 heavy (non-hydrogen) atoms. The highest BCUT2D eigenvalue weighted by molar-refractivity contribution is 5.79. The Morgan fingerprint density at radius 2 is 2.00 bits per heavy atom. The zero-order chi connectivity index (χ0) is 11.8. The fourth-order valence-corrected chi connectivity index (χ4v) is 2.17. The van der Waals surface area contributed by atoms with Crippen molar-refractivity contribution in [2.75, 3.05) is 11.1 Å². The Hall–Kier alpha value is -1.84. The largest absolute Gasteiger partial charge is 0.381 e. The first-order chi connectivity index (χ1) is 8.28. The smallest absolute Gasteiger partial charge is 0.169 e. The second-order valence-corrected chi connectivity index (χ2v) is 4.60. The molecule has 1 fully saturated rings. The van der Waals surface area contributed by atoms with Crippen LogP contribution in [0.1, 0.15) is 19.8 Å². The molecule has 1 aliphatic rings. The van der Waals surface area contributed by atoms with E-state index in [1.54, 1.807) is 0 Å². The van der Waals surface area contributed by atoms with Crippen LogP contribution < -0.4 is 11.1 Å². The molecule has 1 aromatic heterocycles. The highest BCUT2D eigenvalue weighted by Gasteiger charge is 2.35. The maximum absolute atomic E-state index is 5.91. The Kier molecular flexibility index (Phi) is 2.35. The number of nitrogens with two attached hydrogens (primary N) is 1. The summed E-state index contributed by atoms with van der Waals surface area (Å²) in [6.45, 7) is 2.21. The Balaban J connectivity index is 1.91. The number of para-hydroxylation sites is 2. The molecule has 1 aliphatic carbocycles. The summed E-state index contributed by atoms with van der Waals surface area (Å²) in [5.74, 6) is 1.98. The van der Waals surface area contributed by atoms with Crippen molar-refractivity contribution in [1.82, 2.24) is 9.97 Å². The molecule has 3 N–H and O–H groups in total. The van der Waals surface area contributed by atoms with Crippen LogP contribution >= 0.6 is 0 Å². The molecule has 1 saturated carbocycles. The third-order valence-corrected chi connectivity index (χ3v) is 3.37. The van der Waals surface area contributed by atoms with Gasteiger partial charge in [-0.3, -0.25) is 0 Å². The lowest BCUT2D eigenvalue weighted by Crippen LogP contribution is -2.09. The minimum Gasteiger partial charge on any atom is -0.381 e. The van der Waals surface area contributed by atoms with E-state index in [4.69, 9.17) is 5.73 Å². The van der Waals surface area contributed by atoms with Gasteiger partial charge in [0.25, 0.3) is 0 Å². The summed E-state index contributed by atoms with van der Waals surface area (Å²) in [4.78, 5) is 8.89. The molecule has 2 atom stereocenters. The molecule has 2 unspecified atom stereocenters. The SMILES string of the molecule is CCC1CC1Nc1nc2ccccc2nc1N. The zero-order valence-corrected chi connectivity index (χ0v) is 9.85. The Morgan fingerprint density at radius 3 is 2.65 bits per heavy atom. The fourth-order valence-electron chi connectivity index (χ4n) is 2.17. The Morgan fingerprint density at radius 1 is 1.29 bits per heavy atom. The van der Waals surface area contributed by atoms with Crippen LogP contribution in [0.25, 0.3) is 11.0 Å². The molecule has 0 bridgehead atoms. The van der Waals surface area contributed by atoms with Crippen LogP contribution in [0.5, 0.6) is 0 Å². The molecule has 1 aromatic carbocycles. The second kappa shape index (κ2) is 3.87. The maximum Gasteiger partial charge on any atom is 0.169 e. The van der Waals surface area contributed by atoms with Gasteiger partial charge in [0.15, 0.2) is 11.6 Å². The number of rotatable bonds is 3. The maximum atomic E-state index is 5.91. The minimum atomic E-state index is 0.491. The summed E-state index contributed by atoms with van der Waals surface area (Å²) >= 11 is 0. The quantitative estimate of drug-likeness (QED) is 0.846. The number of nitrogen functional groups attached to an aromatic ring is 1. The van der Waals surface area contributed by atoms with Crippen molar-refractivity contribution >= 4 is 22.7 Å². The standard InChI is InChI=1S/C13H16N4/c1-2-8-7-11(8)17-13-12(14)15-9-5-3-4-6-10(9)16-13/h3-6,8,11H,2,7H2,1H3,(H2,14,15)(H,16,17). The van der Waals surface area contributed by atoms with Gasteiger partial charge in [-0.05, 0) is 24.5 Å². The van der Waals surface area contributed by atoms with Crippen molar-refractivity contribution in [2.45, 2.75) is 25.8 Å². The van der Waals surface area contributed by atoms with E-state index in [0.717, 1.165) is 22.8 Å². The summed E-state index contributed by atoms with van der Waals surface area (Å²) in [6.07, 6.45) is 2.42. The van der Waals surface area contributed by atoms with Gasteiger partial charge in [0.1, 0.15) is 0 Å². The summed E-state index contributed by atoms with van der Waals surface area (Å²) in [5, 5.41) is 3.38. The number of nitrogens with one attached hydrogen (secondary N) is 1. The Labute approximate surface area is 100 Å². The van der Waals surface area contributed by atoms with Gasteiger partial charge in [-0.25, -0.2) is 9.97 Å². The average Bonchev–Trinajstić information content (AvgIpc) is 3.08. The molecule has 1 heterocycles. The Bertz CT molecular complexity index is 552. The number of anilines is 2. The molecule has 4 nitrogen and oxygen atoms in total. The van der Waals surface area contributed by atoms with Crippen molar-refractivity contribution in [1.29, 1.82) is 0 Å². The molecule has 0 radical (unpaired) electrons. The molecule has 88 valence electrons. The van der Waals surface area contributed by atoms with Crippen molar-refractivity contribution in [2.24, 2.45) is 5.92 Å². The van der Waals surface area contributed by atoms with Gasteiger partial charge < -0.3 is 11.1 Å². The molecule has 0 amide bonds. The van der Waals surface area contributed by atoms with E-state index >= 15 is 0 Å². The number of hydrogen-bond donors (Lipinski definition) is 2. The zero-order valence-electron chi connectivity index (χ0n) is 9.85. The van der Waals surface area contributed by atoms with Gasteiger partial charge in [0, 0.05) is 6.04 Å². The van der Waals surface area contributed by atoms with Gasteiger partial charge in [0.2, 0.25) is 0 Å². The first-order valence-corrected chi connectivity index (χ1v) is 6.06. The second-order valence-electron chi connectivity index (χ2n) is 4.60. The first-order valence-electron chi connectivity index (χ1n) is 6.06. The van der Waals surface area contributed by atoms with E-state index in [0.29, 0.717) is 11.9 Å². The fraction of sp³-hybridized carbons (Fsp3) is 0.385. The van der Waals surface area contributed by atoms with Crippen LogP contribution in [0, 0.1) is 5.92 Å². The molecular weight excluding hydrogens is 212 g/mol. The van der Waals surface area contributed by atoms with Crippen LogP contribution in [0.4, 0.5) is 11.6 Å². The summed E-state index contributed by atoms with van der Waals surface area (Å²) in [5.41, 5.74) is 7.65. The van der Waals surface area contributed by atoms with Crippen molar-refractivity contribution in [3.63, 3.8) is 0 Å². The molecule has 2 aromatic rings. The molecule has 0 saturated heterocycles.